The van der Waals surface area contributed by atoms with E-state index in [4.69, 9.17) is 0 Å². The molecule has 0 aliphatic carbocycles. The van der Waals surface area contributed by atoms with Crippen molar-refractivity contribution in [2.24, 2.45) is 0 Å². The van der Waals surface area contributed by atoms with Gasteiger partial charge in [-0.05, 0) is 42.3 Å². The number of anilines is 2. The third-order valence-electron chi connectivity index (χ3n) is 4.63. The highest BCUT2D eigenvalue weighted by molar-refractivity contribution is 8.00. The fourth-order valence-corrected chi connectivity index (χ4v) is 5.33. The maximum Gasteiger partial charge on any atom is 0.225 e. The number of hydrogen-bond donors (Lipinski definition) is 2. The van der Waals surface area contributed by atoms with Gasteiger partial charge in [-0.1, -0.05) is 26.0 Å². The molecule has 0 aromatic heterocycles. The molecule has 2 amide bonds. The molecular formula is C21H24N2O4S2. The van der Waals surface area contributed by atoms with Crippen LogP contribution in [-0.4, -0.2) is 31.2 Å². The van der Waals surface area contributed by atoms with Crippen molar-refractivity contribution in [1.82, 2.24) is 0 Å². The zero-order valence-corrected chi connectivity index (χ0v) is 18.0. The van der Waals surface area contributed by atoms with Gasteiger partial charge in [-0.3, -0.25) is 9.59 Å². The summed E-state index contributed by atoms with van der Waals surface area (Å²) in [6.45, 7) is 4.00. The van der Waals surface area contributed by atoms with Crippen molar-refractivity contribution in [3.8, 4) is 0 Å². The zero-order chi connectivity index (χ0) is 21.0. The molecule has 2 aromatic carbocycles. The summed E-state index contributed by atoms with van der Waals surface area (Å²) in [5.41, 5.74) is 2.31. The predicted octanol–water partition coefficient (Wildman–Crippen LogP) is 3.87. The topological polar surface area (TPSA) is 92.3 Å². The van der Waals surface area contributed by atoms with Crippen LogP contribution in [0.1, 0.15) is 32.3 Å². The third kappa shape index (κ3) is 5.61. The minimum Gasteiger partial charge on any atom is -0.326 e. The highest BCUT2D eigenvalue weighted by Gasteiger charge is 2.22. The number of carbonyl (C=O) groups is 2. The molecule has 0 saturated carbocycles. The summed E-state index contributed by atoms with van der Waals surface area (Å²) in [5.74, 6) is -0.792. The molecule has 1 heterocycles. The van der Waals surface area contributed by atoms with Gasteiger partial charge in [-0.25, -0.2) is 8.42 Å². The van der Waals surface area contributed by atoms with Crippen molar-refractivity contribution in [3.63, 3.8) is 0 Å². The molecule has 1 aliphatic heterocycles. The fraction of sp³-hybridized carbons (Fsp3) is 0.333. The molecule has 1 aliphatic rings. The Labute approximate surface area is 175 Å². The minimum atomic E-state index is -3.66. The highest BCUT2D eigenvalue weighted by Crippen LogP contribution is 2.36. The Balaban J connectivity index is 1.66. The lowest BCUT2D eigenvalue weighted by molar-refractivity contribution is -0.116. The van der Waals surface area contributed by atoms with Crippen LogP contribution in [0.5, 0.6) is 0 Å². The van der Waals surface area contributed by atoms with Crippen molar-refractivity contribution in [3.05, 3.63) is 48.0 Å². The summed E-state index contributed by atoms with van der Waals surface area (Å²) in [6, 6.07) is 12.2. The van der Waals surface area contributed by atoms with E-state index in [1.807, 2.05) is 26.0 Å². The van der Waals surface area contributed by atoms with Gasteiger partial charge in [0.05, 0.1) is 16.3 Å². The van der Waals surface area contributed by atoms with Gasteiger partial charge in [0.15, 0.2) is 9.84 Å². The number of aryl methyl sites for hydroxylation is 1. The Hall–Kier alpha value is -2.32. The van der Waals surface area contributed by atoms with E-state index in [1.54, 1.807) is 18.2 Å². The molecule has 154 valence electrons. The lowest BCUT2D eigenvalue weighted by atomic mass is 10.1. The largest absolute Gasteiger partial charge is 0.326 e. The number of sulfone groups is 1. The van der Waals surface area contributed by atoms with Crippen LogP contribution in [0.3, 0.4) is 0 Å². The van der Waals surface area contributed by atoms with Gasteiger partial charge in [-0.15, -0.1) is 11.8 Å². The second-order valence-corrected chi connectivity index (χ2v) is 10.6. The molecule has 0 saturated heterocycles. The molecular weight excluding hydrogens is 408 g/mol. The van der Waals surface area contributed by atoms with Gasteiger partial charge in [0, 0.05) is 28.7 Å². The summed E-state index contributed by atoms with van der Waals surface area (Å²) < 4.78 is 25.4. The molecule has 1 atom stereocenters. The van der Waals surface area contributed by atoms with Gasteiger partial charge in [-0.2, -0.15) is 0 Å². The number of carbonyl (C=O) groups excluding carboxylic acids is 2. The van der Waals surface area contributed by atoms with Gasteiger partial charge >= 0.3 is 0 Å². The zero-order valence-electron chi connectivity index (χ0n) is 16.4. The summed E-state index contributed by atoms with van der Waals surface area (Å²) in [6.07, 6.45) is 1.14. The van der Waals surface area contributed by atoms with E-state index in [-0.39, 0.29) is 34.1 Å². The summed E-state index contributed by atoms with van der Waals surface area (Å²) >= 11 is 1.54. The number of nitrogens with one attached hydrogen (secondary N) is 2. The van der Waals surface area contributed by atoms with Crippen LogP contribution < -0.4 is 10.6 Å². The van der Waals surface area contributed by atoms with E-state index < -0.39 is 9.84 Å². The van der Waals surface area contributed by atoms with Crippen LogP contribution in [0.25, 0.3) is 0 Å². The first kappa shape index (κ1) is 21.4. The molecule has 2 N–H and O–H groups in total. The lowest BCUT2D eigenvalue weighted by Gasteiger charge is -2.11. The monoisotopic (exact) mass is 432 g/mol. The quantitative estimate of drug-likeness (QED) is 0.723. The molecule has 2 aromatic rings. The van der Waals surface area contributed by atoms with E-state index in [1.165, 1.54) is 23.9 Å². The van der Waals surface area contributed by atoms with E-state index in [2.05, 4.69) is 10.6 Å². The maximum absolute atomic E-state index is 12.7. The van der Waals surface area contributed by atoms with E-state index in [0.717, 1.165) is 16.9 Å². The molecule has 6 nitrogen and oxygen atoms in total. The van der Waals surface area contributed by atoms with E-state index in [9.17, 15) is 18.0 Å². The van der Waals surface area contributed by atoms with E-state index >= 15 is 0 Å². The normalized spacial score (nSPS) is 16.5. The standard InChI is InChI=1S/C21H24N2O4S2/c1-3-15-4-6-16(7-5-15)22-20(24)10-11-29(26,27)17-8-9-19-18(13-17)23-21(25)12-14(2)28-19/h4-9,13-14H,3,10-12H2,1-2H3,(H,22,24)(H,23,25)/t14-/m0/s1. The highest BCUT2D eigenvalue weighted by atomic mass is 32.2. The van der Waals surface area contributed by atoms with Crippen LogP contribution in [0.2, 0.25) is 0 Å². The number of benzene rings is 2. The van der Waals surface area contributed by atoms with Crippen LogP contribution in [0.4, 0.5) is 11.4 Å². The summed E-state index contributed by atoms with van der Waals surface area (Å²) in [4.78, 5) is 25.0. The molecule has 8 heteroatoms. The van der Waals surface area contributed by atoms with E-state index in [0.29, 0.717) is 17.8 Å². The van der Waals surface area contributed by atoms with Gasteiger partial charge in [0.25, 0.3) is 0 Å². The first-order chi connectivity index (χ1) is 13.8. The first-order valence-electron chi connectivity index (χ1n) is 9.49. The van der Waals surface area contributed by atoms with Crippen molar-refractivity contribution >= 4 is 44.8 Å². The molecule has 0 fully saturated rings. The summed E-state index contributed by atoms with van der Waals surface area (Å²) in [5, 5.41) is 5.61. The Morgan fingerprint density at radius 2 is 1.93 bits per heavy atom. The Bertz CT molecular complexity index is 1020. The average molecular weight is 433 g/mol. The number of thioether (sulfide) groups is 1. The number of amides is 2. The van der Waals surface area contributed by atoms with Gasteiger partial charge in [0.1, 0.15) is 0 Å². The minimum absolute atomic E-state index is 0.104. The van der Waals surface area contributed by atoms with Gasteiger partial charge in [0.2, 0.25) is 11.8 Å². The van der Waals surface area contributed by atoms with Crippen molar-refractivity contribution in [2.75, 3.05) is 16.4 Å². The Morgan fingerprint density at radius 1 is 1.21 bits per heavy atom. The van der Waals surface area contributed by atoms with Crippen LogP contribution in [0.15, 0.2) is 52.3 Å². The first-order valence-corrected chi connectivity index (χ1v) is 12.0. The maximum atomic E-state index is 12.7. The molecule has 0 spiro atoms. The van der Waals surface area contributed by atoms with Crippen LogP contribution in [0, 0.1) is 0 Å². The average Bonchev–Trinajstić information content (AvgIpc) is 2.82. The Kier molecular flexibility index (Phi) is 6.64. The number of hydrogen-bond acceptors (Lipinski definition) is 5. The number of fused-ring (bicyclic) bond motifs is 1. The molecule has 29 heavy (non-hydrogen) atoms. The smallest absolute Gasteiger partial charge is 0.225 e. The lowest BCUT2D eigenvalue weighted by Crippen LogP contribution is -2.18. The van der Waals surface area contributed by atoms with Crippen LogP contribution in [-0.2, 0) is 25.8 Å². The second-order valence-electron chi connectivity index (χ2n) is 7.01. The SMILES string of the molecule is CCc1ccc(NC(=O)CCS(=O)(=O)c2ccc3c(c2)NC(=O)C[C@H](C)S3)cc1. The predicted molar refractivity (Wildman–Crippen MR) is 116 cm³/mol. The Morgan fingerprint density at radius 3 is 2.62 bits per heavy atom. The van der Waals surface area contributed by atoms with Crippen molar-refractivity contribution in [2.45, 2.75) is 48.2 Å². The molecule has 0 radical (unpaired) electrons. The van der Waals surface area contributed by atoms with Gasteiger partial charge < -0.3 is 10.6 Å². The molecule has 3 rings (SSSR count). The van der Waals surface area contributed by atoms with Crippen LogP contribution >= 0.6 is 11.8 Å². The summed E-state index contributed by atoms with van der Waals surface area (Å²) in [7, 11) is -3.66. The second kappa shape index (κ2) is 9.00. The number of rotatable bonds is 6. The molecule has 0 unspecified atom stereocenters. The fourth-order valence-electron chi connectivity index (χ4n) is 3.02. The van der Waals surface area contributed by atoms with Crippen molar-refractivity contribution in [1.29, 1.82) is 0 Å². The van der Waals surface area contributed by atoms with Crippen molar-refractivity contribution < 1.29 is 18.0 Å². The molecule has 0 bridgehead atoms. The third-order valence-corrected chi connectivity index (χ3v) is 7.52.